The van der Waals surface area contributed by atoms with E-state index in [-0.39, 0.29) is 6.04 Å². The molecular weight excluding hydrogens is 454 g/mol. The molecular formula is C30H31NO5. The molecule has 36 heavy (non-hydrogen) atoms. The van der Waals surface area contributed by atoms with E-state index in [9.17, 15) is 0 Å². The summed E-state index contributed by atoms with van der Waals surface area (Å²) in [4.78, 5) is 2.47. The van der Waals surface area contributed by atoms with Gasteiger partial charge in [0.2, 0.25) is 6.79 Å². The van der Waals surface area contributed by atoms with Gasteiger partial charge in [-0.3, -0.25) is 0 Å². The van der Waals surface area contributed by atoms with Crippen molar-refractivity contribution in [2.24, 2.45) is 0 Å². The van der Waals surface area contributed by atoms with E-state index < -0.39 is 0 Å². The Morgan fingerprint density at radius 1 is 0.944 bits per heavy atom. The summed E-state index contributed by atoms with van der Waals surface area (Å²) in [5.41, 5.74) is 6.11. The number of ether oxygens (including phenoxy) is 5. The van der Waals surface area contributed by atoms with Crippen LogP contribution in [0.25, 0.3) is 11.8 Å². The number of nitrogens with zero attached hydrogens (tertiary/aromatic N) is 1. The zero-order valence-electron chi connectivity index (χ0n) is 20.8. The van der Waals surface area contributed by atoms with Crippen molar-refractivity contribution in [1.29, 1.82) is 0 Å². The maximum Gasteiger partial charge on any atom is 0.231 e. The average Bonchev–Trinajstić information content (AvgIpc) is 3.37. The number of hydrogen-bond acceptors (Lipinski definition) is 6. The summed E-state index contributed by atoms with van der Waals surface area (Å²) in [6.45, 7) is 4.77. The first-order valence-electron chi connectivity index (χ1n) is 12.7. The second-order valence-corrected chi connectivity index (χ2v) is 9.33. The number of benzene rings is 3. The molecule has 6 heteroatoms. The summed E-state index contributed by atoms with van der Waals surface area (Å²) in [6, 6.07) is 18.5. The molecule has 1 atom stereocenters. The van der Waals surface area contributed by atoms with E-state index in [1.807, 2.05) is 36.4 Å². The minimum Gasteiger partial charge on any atom is -0.494 e. The number of unbranched alkanes of at least 4 members (excludes halogenated alkanes) is 1. The molecule has 3 aliphatic rings. The molecule has 0 saturated heterocycles. The zero-order valence-corrected chi connectivity index (χ0v) is 20.8. The van der Waals surface area contributed by atoms with Crippen LogP contribution < -0.4 is 23.7 Å². The Labute approximate surface area is 212 Å². The molecule has 0 aliphatic carbocycles. The highest BCUT2D eigenvalue weighted by Gasteiger charge is 2.34. The lowest BCUT2D eigenvalue weighted by molar-refractivity contribution is 0.174. The van der Waals surface area contributed by atoms with Crippen molar-refractivity contribution in [3.63, 3.8) is 0 Å². The van der Waals surface area contributed by atoms with Crippen LogP contribution in [-0.2, 0) is 6.42 Å². The van der Waals surface area contributed by atoms with Crippen molar-refractivity contribution >= 4 is 11.8 Å². The number of rotatable bonds is 8. The van der Waals surface area contributed by atoms with Crippen molar-refractivity contribution in [3.8, 4) is 28.7 Å². The molecule has 6 rings (SSSR count). The van der Waals surface area contributed by atoms with Crippen LogP contribution in [0.15, 0.2) is 54.6 Å². The lowest BCUT2D eigenvalue weighted by Crippen LogP contribution is -2.34. The van der Waals surface area contributed by atoms with Crippen LogP contribution in [0.5, 0.6) is 28.7 Å². The Kier molecular flexibility index (Phi) is 6.09. The molecule has 0 radical (unpaired) electrons. The Morgan fingerprint density at radius 2 is 1.72 bits per heavy atom. The summed E-state index contributed by atoms with van der Waals surface area (Å²) < 4.78 is 29.2. The van der Waals surface area contributed by atoms with Gasteiger partial charge in [-0.05, 0) is 73.7 Å². The van der Waals surface area contributed by atoms with Crippen LogP contribution in [0.2, 0.25) is 0 Å². The van der Waals surface area contributed by atoms with E-state index in [0.717, 1.165) is 54.6 Å². The van der Waals surface area contributed by atoms with Crippen LogP contribution in [-0.4, -0.2) is 38.6 Å². The van der Waals surface area contributed by atoms with Gasteiger partial charge < -0.3 is 28.6 Å². The van der Waals surface area contributed by atoms with Crippen LogP contribution in [0, 0.1) is 0 Å². The molecule has 0 saturated carbocycles. The summed E-state index contributed by atoms with van der Waals surface area (Å²) in [5.74, 6) is 4.20. The minimum atomic E-state index is 0.157. The fraction of sp³-hybridized carbons (Fsp3) is 0.333. The van der Waals surface area contributed by atoms with Crippen molar-refractivity contribution in [1.82, 2.24) is 4.90 Å². The highest BCUT2D eigenvalue weighted by molar-refractivity contribution is 5.88. The lowest BCUT2D eigenvalue weighted by Gasteiger charge is -2.42. The Hall–Kier alpha value is -3.80. The predicted molar refractivity (Wildman–Crippen MR) is 139 cm³/mol. The van der Waals surface area contributed by atoms with Crippen molar-refractivity contribution in [3.05, 3.63) is 76.9 Å². The third-order valence-electron chi connectivity index (χ3n) is 7.19. The molecule has 0 fully saturated rings. The highest BCUT2D eigenvalue weighted by Crippen LogP contribution is 2.49. The van der Waals surface area contributed by atoms with E-state index in [4.69, 9.17) is 23.7 Å². The molecule has 0 spiro atoms. The number of hydrogen-bond donors (Lipinski definition) is 0. The smallest absolute Gasteiger partial charge is 0.231 e. The van der Waals surface area contributed by atoms with Crippen LogP contribution in [0.1, 0.15) is 48.1 Å². The fourth-order valence-electron chi connectivity index (χ4n) is 5.36. The van der Waals surface area contributed by atoms with Gasteiger partial charge in [-0.25, -0.2) is 0 Å². The topological polar surface area (TPSA) is 49.4 Å². The normalized spacial score (nSPS) is 17.0. The molecule has 3 aromatic carbocycles. The predicted octanol–water partition coefficient (Wildman–Crippen LogP) is 6.09. The maximum absolute atomic E-state index is 6.39. The summed E-state index contributed by atoms with van der Waals surface area (Å²) >= 11 is 0. The molecule has 3 heterocycles. The van der Waals surface area contributed by atoms with Crippen molar-refractivity contribution < 1.29 is 23.7 Å². The monoisotopic (exact) mass is 485 g/mol. The third-order valence-corrected chi connectivity index (χ3v) is 7.19. The lowest BCUT2D eigenvalue weighted by atomic mass is 9.86. The average molecular weight is 486 g/mol. The van der Waals surface area contributed by atoms with Gasteiger partial charge in [0.15, 0.2) is 23.0 Å². The van der Waals surface area contributed by atoms with Crippen LogP contribution in [0.4, 0.5) is 0 Å². The first-order valence-corrected chi connectivity index (χ1v) is 12.7. The van der Waals surface area contributed by atoms with E-state index in [1.165, 1.54) is 28.0 Å². The Bertz CT molecular complexity index is 1290. The first kappa shape index (κ1) is 22.7. The van der Waals surface area contributed by atoms with Gasteiger partial charge in [-0.2, -0.15) is 0 Å². The van der Waals surface area contributed by atoms with Gasteiger partial charge in [0.05, 0.1) is 26.4 Å². The van der Waals surface area contributed by atoms with E-state index in [2.05, 4.69) is 36.1 Å². The van der Waals surface area contributed by atoms with Gasteiger partial charge in [0, 0.05) is 23.4 Å². The second-order valence-electron chi connectivity index (χ2n) is 9.33. The number of methoxy groups -OCH3 is 1. The van der Waals surface area contributed by atoms with Crippen LogP contribution in [0.3, 0.4) is 0 Å². The van der Waals surface area contributed by atoms with E-state index in [1.54, 1.807) is 7.11 Å². The molecule has 0 N–H and O–H groups in total. The largest absolute Gasteiger partial charge is 0.494 e. The molecule has 0 aromatic heterocycles. The van der Waals surface area contributed by atoms with Crippen molar-refractivity contribution in [2.75, 3.05) is 33.7 Å². The van der Waals surface area contributed by atoms with Gasteiger partial charge >= 0.3 is 0 Å². The quantitative estimate of drug-likeness (QED) is 0.360. The van der Waals surface area contributed by atoms with Gasteiger partial charge in [0.1, 0.15) is 5.75 Å². The fourth-order valence-corrected chi connectivity index (χ4v) is 5.36. The SMILES string of the molecule is COc1ccc2c(c1OCCCCOc1ccccc1)[C@@H](C)N1CCc3cc4c(cc3C1=C2)OCO4. The van der Waals surface area contributed by atoms with Crippen molar-refractivity contribution in [2.45, 2.75) is 32.2 Å². The molecule has 3 aromatic rings. The third kappa shape index (κ3) is 4.11. The highest BCUT2D eigenvalue weighted by atomic mass is 16.7. The standard InChI is InChI=1S/C30H31NO5/c1-20-29-22(16-25-24-18-28-27(35-19-36-28)17-21(24)12-13-31(20)25)10-11-26(32-2)30(29)34-15-7-6-14-33-23-8-4-3-5-9-23/h3-5,8-11,16-18,20H,6-7,12-15,19H2,1-2H3/t20-/m1/s1. The second kappa shape index (κ2) is 9.69. The molecule has 0 amide bonds. The first-order chi connectivity index (χ1) is 17.7. The Balaban J connectivity index is 1.21. The number of fused-ring (bicyclic) bond motifs is 5. The number of para-hydroxylation sites is 1. The maximum atomic E-state index is 6.39. The summed E-state index contributed by atoms with van der Waals surface area (Å²) in [5, 5.41) is 0. The Morgan fingerprint density at radius 3 is 2.53 bits per heavy atom. The molecule has 6 nitrogen and oxygen atoms in total. The van der Waals surface area contributed by atoms with E-state index >= 15 is 0 Å². The zero-order chi connectivity index (χ0) is 24.5. The molecule has 0 unspecified atom stereocenters. The molecule has 3 aliphatic heterocycles. The van der Waals surface area contributed by atoms with E-state index in [0.29, 0.717) is 20.0 Å². The van der Waals surface area contributed by atoms with Crippen LogP contribution >= 0.6 is 0 Å². The minimum absolute atomic E-state index is 0.157. The van der Waals surface area contributed by atoms with Gasteiger partial charge in [0.25, 0.3) is 0 Å². The summed E-state index contributed by atoms with van der Waals surface area (Å²) in [6.07, 6.45) is 5.06. The van der Waals surface area contributed by atoms with Gasteiger partial charge in [-0.1, -0.05) is 24.3 Å². The summed E-state index contributed by atoms with van der Waals surface area (Å²) in [7, 11) is 1.71. The molecule has 0 bridgehead atoms. The molecule has 186 valence electrons. The van der Waals surface area contributed by atoms with Gasteiger partial charge in [-0.15, -0.1) is 0 Å².